The summed E-state index contributed by atoms with van der Waals surface area (Å²) in [6.45, 7) is 10.7. The van der Waals surface area contributed by atoms with E-state index in [1.165, 1.54) is 11.1 Å². The molecule has 3 N–H and O–H groups in total. The van der Waals surface area contributed by atoms with E-state index < -0.39 is 0 Å². The molecular weight excluding hydrogens is 376 g/mol. The number of anilines is 2. The van der Waals surface area contributed by atoms with Crippen LogP contribution in [0, 0.1) is 25.2 Å². The van der Waals surface area contributed by atoms with E-state index in [1.807, 2.05) is 19.1 Å². The molecule has 0 bridgehead atoms. The maximum atomic E-state index is 13.3. The molecule has 0 radical (unpaired) electrons. The highest BCUT2D eigenvalue weighted by atomic mass is 16.5. The molecule has 0 aromatic heterocycles. The number of phenolic OH excluding ortho intramolecular Hbond substituents is 1. The molecule has 2 unspecified atom stereocenters. The zero-order valence-corrected chi connectivity index (χ0v) is 18.3. The van der Waals surface area contributed by atoms with Crippen LogP contribution in [0.5, 0.6) is 11.5 Å². The Bertz CT molecular complexity index is 1040. The van der Waals surface area contributed by atoms with Gasteiger partial charge in [0.25, 0.3) is 0 Å². The van der Waals surface area contributed by atoms with E-state index >= 15 is 0 Å². The van der Waals surface area contributed by atoms with Crippen LogP contribution in [0.2, 0.25) is 0 Å². The number of hydrogen-bond acceptors (Lipinski definition) is 5. The molecule has 2 aliphatic rings. The maximum Gasteiger partial charge on any atom is 0.161 e. The van der Waals surface area contributed by atoms with Gasteiger partial charge in [0.1, 0.15) is 5.78 Å². The molecule has 2 atom stereocenters. The number of benzene rings is 2. The Hall–Kier alpha value is -2.95. The molecule has 1 aliphatic heterocycles. The third-order valence-electron chi connectivity index (χ3n) is 6.06. The molecule has 1 aliphatic carbocycles. The largest absolute Gasteiger partial charge is 0.504 e. The molecule has 0 saturated carbocycles. The topological polar surface area (TPSA) is 70.6 Å². The van der Waals surface area contributed by atoms with E-state index in [0.29, 0.717) is 18.8 Å². The summed E-state index contributed by atoms with van der Waals surface area (Å²) in [5.74, 6) is 0.398. The van der Waals surface area contributed by atoms with E-state index in [1.54, 1.807) is 6.07 Å². The van der Waals surface area contributed by atoms with Gasteiger partial charge in [-0.15, -0.1) is 0 Å². The van der Waals surface area contributed by atoms with Gasteiger partial charge in [-0.05, 0) is 67.1 Å². The molecule has 4 rings (SSSR count). The summed E-state index contributed by atoms with van der Waals surface area (Å²) in [4.78, 5) is 13.3. The minimum Gasteiger partial charge on any atom is -0.504 e. The Balaban J connectivity index is 1.88. The van der Waals surface area contributed by atoms with Gasteiger partial charge in [0.2, 0.25) is 0 Å². The van der Waals surface area contributed by atoms with Gasteiger partial charge in [0, 0.05) is 12.1 Å². The van der Waals surface area contributed by atoms with Crippen molar-refractivity contribution < 1.29 is 14.6 Å². The van der Waals surface area contributed by atoms with Crippen LogP contribution in [0.25, 0.3) is 0 Å². The highest BCUT2D eigenvalue weighted by molar-refractivity contribution is 5.90. The van der Waals surface area contributed by atoms with Crippen molar-refractivity contribution in [2.45, 2.75) is 47.1 Å². The smallest absolute Gasteiger partial charge is 0.161 e. The molecule has 0 saturated heterocycles. The minimum atomic E-state index is -0.343. The number of carbonyl (C=O) groups excluding carboxylic acids is 1. The lowest BCUT2D eigenvalue weighted by Gasteiger charge is -2.35. The standard InChI is InChI=1S/C25H30N2O3/c1-6-30-22-11-16(7-8-20(22)28)24-23-19(12-25(4,5)13-21(23)29)26-17-9-14(2)15(3)10-18(17)27-24/h7-12,23-24,26-28H,6,13H2,1-5H3. The number of nitrogens with one attached hydrogen (secondary N) is 2. The molecule has 30 heavy (non-hydrogen) atoms. The summed E-state index contributed by atoms with van der Waals surface area (Å²) in [6, 6.07) is 9.34. The van der Waals surface area contributed by atoms with Crippen LogP contribution in [0.15, 0.2) is 42.1 Å². The predicted molar refractivity (Wildman–Crippen MR) is 120 cm³/mol. The summed E-state index contributed by atoms with van der Waals surface area (Å²) >= 11 is 0. The lowest BCUT2D eigenvalue weighted by atomic mass is 9.72. The van der Waals surface area contributed by atoms with Crippen molar-refractivity contribution in [3.8, 4) is 11.5 Å². The summed E-state index contributed by atoms with van der Waals surface area (Å²) in [7, 11) is 0. The van der Waals surface area contributed by atoms with Gasteiger partial charge in [-0.1, -0.05) is 26.0 Å². The lowest BCUT2D eigenvalue weighted by Crippen LogP contribution is -2.36. The zero-order valence-electron chi connectivity index (χ0n) is 18.3. The number of phenols is 1. The Morgan fingerprint density at radius 2 is 1.83 bits per heavy atom. The fourth-order valence-corrected chi connectivity index (χ4v) is 4.49. The van der Waals surface area contributed by atoms with E-state index in [2.05, 4.69) is 56.5 Å². The fourth-order valence-electron chi connectivity index (χ4n) is 4.49. The first kappa shape index (κ1) is 20.3. The number of fused-ring (bicyclic) bond motifs is 2. The Morgan fingerprint density at radius 3 is 2.53 bits per heavy atom. The van der Waals surface area contributed by atoms with E-state index in [-0.39, 0.29) is 28.9 Å². The second kappa shape index (κ2) is 7.38. The lowest BCUT2D eigenvalue weighted by molar-refractivity contribution is -0.124. The first-order valence-electron chi connectivity index (χ1n) is 10.5. The fraction of sp³-hybridized carbons (Fsp3) is 0.400. The van der Waals surface area contributed by atoms with Crippen molar-refractivity contribution in [1.29, 1.82) is 0 Å². The van der Waals surface area contributed by atoms with Crippen LogP contribution in [-0.2, 0) is 4.79 Å². The van der Waals surface area contributed by atoms with Gasteiger partial charge < -0.3 is 20.5 Å². The van der Waals surface area contributed by atoms with Gasteiger partial charge in [-0.2, -0.15) is 0 Å². The molecule has 2 aromatic rings. The average Bonchev–Trinajstić information content (AvgIpc) is 2.80. The number of aromatic hydroxyl groups is 1. The van der Waals surface area contributed by atoms with Crippen molar-refractivity contribution in [2.24, 2.45) is 11.3 Å². The third kappa shape index (κ3) is 3.64. The van der Waals surface area contributed by atoms with Gasteiger partial charge in [0.05, 0.1) is 29.9 Å². The van der Waals surface area contributed by atoms with Crippen molar-refractivity contribution >= 4 is 17.2 Å². The molecule has 0 amide bonds. The maximum absolute atomic E-state index is 13.3. The van der Waals surface area contributed by atoms with Crippen molar-refractivity contribution in [1.82, 2.24) is 0 Å². The highest BCUT2D eigenvalue weighted by Crippen LogP contribution is 2.46. The second-order valence-corrected chi connectivity index (χ2v) is 9.10. The molecule has 0 fully saturated rings. The molecular formula is C25H30N2O3. The van der Waals surface area contributed by atoms with Crippen LogP contribution < -0.4 is 15.4 Å². The average molecular weight is 407 g/mol. The first-order chi connectivity index (χ1) is 14.2. The third-order valence-corrected chi connectivity index (χ3v) is 6.06. The quantitative estimate of drug-likeness (QED) is 0.629. The number of carbonyl (C=O) groups is 1. The molecule has 1 heterocycles. The van der Waals surface area contributed by atoms with Crippen molar-refractivity contribution in [2.75, 3.05) is 17.2 Å². The molecule has 5 nitrogen and oxygen atoms in total. The van der Waals surface area contributed by atoms with Crippen LogP contribution in [0.4, 0.5) is 11.4 Å². The van der Waals surface area contributed by atoms with Crippen molar-refractivity contribution in [3.05, 3.63) is 58.8 Å². The number of allylic oxidation sites excluding steroid dienone is 1. The van der Waals surface area contributed by atoms with Gasteiger partial charge in [-0.25, -0.2) is 0 Å². The van der Waals surface area contributed by atoms with Crippen LogP contribution in [0.1, 0.15) is 49.9 Å². The summed E-state index contributed by atoms with van der Waals surface area (Å²) in [5, 5.41) is 17.4. The SMILES string of the molecule is CCOc1cc(C2Nc3cc(C)c(C)cc3NC3=CC(C)(C)CC(=O)C32)ccc1O. The minimum absolute atomic E-state index is 0.103. The van der Waals surface area contributed by atoms with E-state index in [9.17, 15) is 9.90 Å². The second-order valence-electron chi connectivity index (χ2n) is 9.10. The normalized spacial score (nSPS) is 22.0. The monoisotopic (exact) mass is 406 g/mol. The van der Waals surface area contributed by atoms with E-state index in [4.69, 9.17) is 4.74 Å². The number of aryl methyl sites for hydroxylation is 2. The van der Waals surface area contributed by atoms with Crippen LogP contribution >= 0.6 is 0 Å². The van der Waals surface area contributed by atoms with Crippen LogP contribution in [0.3, 0.4) is 0 Å². The summed E-state index contributed by atoms with van der Waals surface area (Å²) in [5.41, 5.74) is 5.98. The number of hydrogen-bond donors (Lipinski definition) is 3. The Morgan fingerprint density at radius 1 is 1.13 bits per heavy atom. The molecule has 5 heteroatoms. The predicted octanol–water partition coefficient (Wildman–Crippen LogP) is 5.49. The Kier molecular flexibility index (Phi) is 5.00. The number of ether oxygens (including phenoxy) is 1. The zero-order chi connectivity index (χ0) is 21.6. The summed E-state index contributed by atoms with van der Waals surface area (Å²) < 4.78 is 5.61. The summed E-state index contributed by atoms with van der Waals surface area (Å²) in [6.07, 6.45) is 2.69. The first-order valence-corrected chi connectivity index (χ1v) is 10.5. The molecule has 2 aromatic carbocycles. The number of Topliss-reactive ketones (excluding diaryl/α,β-unsaturated/α-hetero) is 1. The van der Waals surface area contributed by atoms with E-state index in [0.717, 1.165) is 22.6 Å². The van der Waals surface area contributed by atoms with Gasteiger partial charge in [0.15, 0.2) is 11.5 Å². The Labute approximate surface area is 178 Å². The van der Waals surface area contributed by atoms with Gasteiger partial charge in [-0.3, -0.25) is 4.79 Å². The highest BCUT2D eigenvalue weighted by Gasteiger charge is 2.41. The van der Waals surface area contributed by atoms with Crippen LogP contribution in [-0.4, -0.2) is 17.5 Å². The molecule has 0 spiro atoms. The number of ketones is 1. The van der Waals surface area contributed by atoms with Gasteiger partial charge >= 0.3 is 0 Å². The van der Waals surface area contributed by atoms with Crippen molar-refractivity contribution in [3.63, 3.8) is 0 Å². The number of rotatable bonds is 3. The molecule has 158 valence electrons.